The Morgan fingerprint density at radius 3 is 1.08 bits per heavy atom. The third-order valence-corrected chi connectivity index (χ3v) is 24.0. The van der Waals surface area contributed by atoms with Crippen molar-refractivity contribution < 1.29 is 10.0 Å². The molecule has 115 heavy (non-hydrogen) atoms. The number of aromatic amines is 1. The second kappa shape index (κ2) is 31.7. The lowest BCUT2D eigenvalue weighted by Crippen LogP contribution is -2.29. The Bertz CT molecular complexity index is 7420. The largest absolute Gasteiger partial charge is 0.488 e. The van der Waals surface area contributed by atoms with Crippen LogP contribution in [0.4, 0.5) is 0 Å². The van der Waals surface area contributed by atoms with E-state index in [0.29, 0.717) is 5.46 Å². The maximum absolute atomic E-state index is 9.43. The normalized spacial score (nSPS) is 11.5. The number of hydrogen-bond donors (Lipinski definition) is 3. The average molecular weight is 1790 g/mol. The van der Waals surface area contributed by atoms with Gasteiger partial charge in [0.1, 0.15) is 0 Å². The zero-order valence-corrected chi connectivity index (χ0v) is 68.9. The Kier molecular flexibility index (Phi) is 20.1. The van der Waals surface area contributed by atoms with Crippen LogP contribution in [0.15, 0.2) is 408 Å². The van der Waals surface area contributed by atoms with Crippen molar-refractivity contribution in [1.82, 2.24) is 23.3 Å². The van der Waals surface area contributed by atoms with Crippen LogP contribution in [0.1, 0.15) is 11.1 Å². The SMILES string of the molecule is Brc1ccc2c(c1)-c1ccccc1C2.Brc1cccc(-n2c3ccccc3c3cc(-c4ccc5c(c4)c4ccccc4n5-c4ccccc4)ccc32)c1.Brc1cccc(I)c1.OB(O)c1ccc2c(c1)c1ccccc1n2-c1ccccc1.c1ccc(-n2c3ccccc3c3cc(-c4ccc5[nH]c6ccccc6c5c4)ccc32)cc1. The molecule has 0 spiro atoms. The fourth-order valence-electron chi connectivity index (χ4n) is 16.7. The van der Waals surface area contributed by atoms with E-state index in [0.717, 1.165) is 53.0 Å². The number of fused-ring (bicyclic) bond motifs is 18. The molecule has 0 amide bonds. The molecule has 22 aromatic rings. The van der Waals surface area contributed by atoms with Crippen molar-refractivity contribution in [3.63, 3.8) is 0 Å². The summed E-state index contributed by atoms with van der Waals surface area (Å²) in [4.78, 5) is 3.53. The van der Waals surface area contributed by atoms with Crippen LogP contribution in [0.25, 0.3) is 165 Å². The summed E-state index contributed by atoms with van der Waals surface area (Å²) in [6.45, 7) is 0. The van der Waals surface area contributed by atoms with E-state index in [-0.39, 0.29) is 0 Å². The molecule has 0 radical (unpaired) electrons. The van der Waals surface area contributed by atoms with Crippen molar-refractivity contribution in [2.75, 3.05) is 0 Å². The molecule has 3 N–H and O–H groups in total. The van der Waals surface area contributed by atoms with Gasteiger partial charge in [-0.2, -0.15) is 0 Å². The molecule has 5 aromatic heterocycles. The summed E-state index contributed by atoms with van der Waals surface area (Å²) in [5, 5.41) is 31.1. The van der Waals surface area contributed by atoms with Crippen LogP contribution in [-0.2, 0) is 6.42 Å². The number of aromatic nitrogens is 5. The molecule has 0 saturated carbocycles. The van der Waals surface area contributed by atoms with Gasteiger partial charge < -0.3 is 33.3 Å². The minimum absolute atomic E-state index is 0.503. The van der Waals surface area contributed by atoms with Crippen LogP contribution in [0, 0.1) is 3.57 Å². The lowest BCUT2D eigenvalue weighted by Gasteiger charge is -2.09. The van der Waals surface area contributed by atoms with Crippen molar-refractivity contribution in [3.05, 3.63) is 422 Å². The van der Waals surface area contributed by atoms with Gasteiger partial charge in [0.15, 0.2) is 0 Å². The van der Waals surface area contributed by atoms with Crippen molar-refractivity contribution in [3.8, 4) is 56.1 Å². The lowest BCUT2D eigenvalue weighted by atomic mass is 9.80. The summed E-state index contributed by atoms with van der Waals surface area (Å²) in [6, 6.07) is 139. The third kappa shape index (κ3) is 14.2. The molecule has 5 heterocycles. The first-order chi connectivity index (χ1) is 56.5. The van der Waals surface area contributed by atoms with Gasteiger partial charge in [0.05, 0.1) is 44.1 Å². The van der Waals surface area contributed by atoms with Crippen LogP contribution in [0.5, 0.6) is 0 Å². The van der Waals surface area contributed by atoms with Crippen LogP contribution >= 0.6 is 70.4 Å². The summed E-state index contributed by atoms with van der Waals surface area (Å²) in [7, 11) is -1.46. The zero-order chi connectivity index (χ0) is 77.6. The van der Waals surface area contributed by atoms with Crippen LogP contribution in [0.2, 0.25) is 0 Å². The fraction of sp³-hybridized carbons (Fsp3) is 0.00971. The number of nitrogens with one attached hydrogen (secondary N) is 1. The van der Waals surface area contributed by atoms with E-state index in [2.05, 4.69) is 427 Å². The first-order valence-corrected chi connectivity index (χ1v) is 41.7. The smallest absolute Gasteiger partial charge is 0.423 e. The highest BCUT2D eigenvalue weighted by Gasteiger charge is 2.22. The predicted octanol–water partition coefficient (Wildman–Crippen LogP) is 27.9. The number of nitrogens with zero attached hydrogens (tertiary/aromatic N) is 4. The van der Waals surface area contributed by atoms with Gasteiger partial charge in [0.2, 0.25) is 0 Å². The fourth-order valence-corrected chi connectivity index (χ4v) is 18.8. The summed E-state index contributed by atoms with van der Waals surface area (Å²) < 4.78 is 13.9. The van der Waals surface area contributed by atoms with Crippen molar-refractivity contribution in [2.24, 2.45) is 0 Å². The van der Waals surface area contributed by atoms with E-state index >= 15 is 0 Å². The Morgan fingerprint density at radius 1 is 0.252 bits per heavy atom. The molecular formula is C103H70BBr3IN5O2. The van der Waals surface area contributed by atoms with Gasteiger partial charge in [0.25, 0.3) is 0 Å². The molecule has 1 aliphatic carbocycles. The standard InChI is InChI=1S/C36H23BrN2.C30H20N2.C18H14BNO2.C13H9Br.C6H4BrI/c37-26-9-8-12-28(23-26)39-34-16-7-5-14-30(34)32-22-25(18-20-36(32)39)24-17-19-35-31(21-24)29-13-4-6-15-33(29)38(35)27-10-2-1-3-11-27;1-2-8-22(9-3-1)32-29-13-7-5-11-24(29)26-19-21(15-17-30(26)32)20-14-16-28-25(18-20)23-10-4-6-12-27(23)31-28;21-19(22)13-10-11-18-16(12-13)15-8-4-5-9-17(15)20(18)14-6-2-1-3-7-14;14-11-6-5-10-7-9-3-1-2-4-12(9)13(10)8-11;7-5-2-1-3-6(8)4-5/h1-23H;1-19,31H;1-12,21-22H;1-6,8H,7H2;1-4H. The maximum atomic E-state index is 9.43. The Morgan fingerprint density at radius 2 is 0.609 bits per heavy atom. The summed E-state index contributed by atoms with van der Waals surface area (Å²) in [5.74, 6) is 0. The van der Waals surface area contributed by atoms with E-state index in [4.69, 9.17) is 0 Å². The molecule has 23 rings (SSSR count). The van der Waals surface area contributed by atoms with E-state index in [1.807, 2.05) is 54.6 Å². The monoisotopic (exact) mass is 1780 g/mol. The summed E-state index contributed by atoms with van der Waals surface area (Å²) in [6.07, 6.45) is 1.08. The number of rotatable bonds is 7. The number of para-hydroxylation sites is 8. The molecule has 0 aliphatic heterocycles. The van der Waals surface area contributed by atoms with Gasteiger partial charge in [-0.05, 0) is 249 Å². The average Bonchev–Trinajstić information content (AvgIpc) is 1.60. The minimum atomic E-state index is -1.46. The van der Waals surface area contributed by atoms with E-state index < -0.39 is 7.12 Å². The van der Waals surface area contributed by atoms with Crippen LogP contribution < -0.4 is 5.46 Å². The number of H-pyrrole nitrogens is 1. The van der Waals surface area contributed by atoms with Crippen molar-refractivity contribution in [2.45, 2.75) is 6.42 Å². The Labute approximate surface area is 703 Å². The van der Waals surface area contributed by atoms with Crippen molar-refractivity contribution in [1.29, 1.82) is 0 Å². The first-order valence-electron chi connectivity index (χ1n) is 38.2. The van der Waals surface area contributed by atoms with Gasteiger partial charge in [-0.1, -0.05) is 272 Å². The topological polar surface area (TPSA) is 76.0 Å². The highest BCUT2D eigenvalue weighted by molar-refractivity contribution is 14.1. The summed E-state index contributed by atoms with van der Waals surface area (Å²) >= 11 is 12.8. The second-order valence-electron chi connectivity index (χ2n) is 28.7. The lowest BCUT2D eigenvalue weighted by molar-refractivity contribution is 0.426. The molecule has 17 aromatic carbocycles. The Balaban J connectivity index is 0.000000104. The van der Waals surface area contributed by atoms with Gasteiger partial charge in [-0.15, -0.1) is 0 Å². The zero-order valence-electron chi connectivity index (χ0n) is 62.0. The van der Waals surface area contributed by atoms with E-state index in [1.165, 1.54) is 147 Å². The van der Waals surface area contributed by atoms with Gasteiger partial charge in [0, 0.05) is 105 Å². The minimum Gasteiger partial charge on any atom is -0.423 e. The van der Waals surface area contributed by atoms with Gasteiger partial charge >= 0.3 is 7.12 Å². The van der Waals surface area contributed by atoms with Crippen LogP contribution in [-0.4, -0.2) is 40.4 Å². The van der Waals surface area contributed by atoms with E-state index in [1.54, 1.807) is 6.07 Å². The maximum Gasteiger partial charge on any atom is 0.488 e. The summed E-state index contributed by atoms with van der Waals surface area (Å²) in [5.41, 5.74) is 27.5. The molecule has 0 bridgehead atoms. The van der Waals surface area contributed by atoms with Gasteiger partial charge in [-0.3, -0.25) is 0 Å². The number of hydrogen-bond acceptors (Lipinski definition) is 2. The molecule has 7 nitrogen and oxygen atoms in total. The van der Waals surface area contributed by atoms with Crippen molar-refractivity contribution >= 4 is 192 Å². The number of halogens is 4. The third-order valence-electron chi connectivity index (χ3n) is 21.8. The molecule has 550 valence electrons. The number of benzene rings is 17. The molecule has 0 fully saturated rings. The molecular weight excluding hydrogens is 1720 g/mol. The van der Waals surface area contributed by atoms with E-state index in [9.17, 15) is 10.0 Å². The Hall–Kier alpha value is -12.1. The molecule has 1 aliphatic rings. The highest BCUT2D eigenvalue weighted by Crippen LogP contribution is 2.42. The quantitative estimate of drug-likeness (QED) is 0.110. The highest BCUT2D eigenvalue weighted by atomic mass is 127. The molecule has 0 unspecified atom stereocenters. The van der Waals surface area contributed by atoms with Gasteiger partial charge in [-0.25, -0.2) is 0 Å². The second-order valence-corrected chi connectivity index (χ2v) is 32.7. The van der Waals surface area contributed by atoms with Crippen LogP contribution in [0.3, 0.4) is 0 Å². The molecule has 0 atom stereocenters. The first kappa shape index (κ1) is 73.1. The molecule has 12 heteroatoms. The predicted molar refractivity (Wildman–Crippen MR) is 504 cm³/mol. The molecule has 0 saturated heterocycles.